The first-order valence-electron chi connectivity index (χ1n) is 9.17. The maximum atomic E-state index is 13.0. The number of nitrogens with zero attached hydrogens (tertiary/aromatic N) is 1. The lowest BCUT2D eigenvalue weighted by Gasteiger charge is -2.38. The lowest BCUT2D eigenvalue weighted by molar-refractivity contribution is -0.148. The van der Waals surface area contributed by atoms with Crippen molar-refractivity contribution < 1.29 is 14.3 Å². The molecule has 2 atom stereocenters. The Kier molecular flexibility index (Phi) is 6.83. The highest BCUT2D eigenvalue weighted by Gasteiger charge is 2.42. The molecule has 136 valence electrons. The molecule has 0 saturated heterocycles. The number of carbonyl (C=O) groups is 1. The van der Waals surface area contributed by atoms with Gasteiger partial charge in [0, 0.05) is 12.3 Å². The summed E-state index contributed by atoms with van der Waals surface area (Å²) in [6, 6.07) is 7.26. The normalized spacial score (nSPS) is 22.9. The van der Waals surface area contributed by atoms with E-state index in [2.05, 4.69) is 18.3 Å². The number of nitrogens with one attached hydrogen (secondary N) is 1. The third-order valence-corrected chi connectivity index (χ3v) is 4.61. The van der Waals surface area contributed by atoms with E-state index >= 15 is 0 Å². The van der Waals surface area contributed by atoms with Crippen LogP contribution in [-0.2, 0) is 9.53 Å². The topological polar surface area (TPSA) is 71.3 Å². The molecule has 1 N–H and O–H groups in total. The number of carbonyl (C=O) groups excluding carboxylic acids is 1. The van der Waals surface area contributed by atoms with Gasteiger partial charge >= 0.3 is 0 Å². The van der Waals surface area contributed by atoms with Gasteiger partial charge in [0.05, 0.1) is 12.2 Å². The Bertz CT molecular complexity index is 638. The first-order valence-corrected chi connectivity index (χ1v) is 9.17. The number of anilines is 1. The van der Waals surface area contributed by atoms with Crippen molar-refractivity contribution in [2.45, 2.75) is 58.5 Å². The lowest BCUT2D eigenvalue weighted by Crippen LogP contribution is -2.48. The maximum absolute atomic E-state index is 13.0. The fraction of sp³-hybridized carbons (Fsp3) is 0.600. The summed E-state index contributed by atoms with van der Waals surface area (Å²) in [6.07, 6.45) is 4.48. The smallest absolute Gasteiger partial charge is 0.256 e. The molecule has 0 spiro atoms. The van der Waals surface area contributed by atoms with Crippen LogP contribution in [0.25, 0.3) is 0 Å². The number of hydrogen-bond acceptors (Lipinski definition) is 4. The number of rotatable bonds is 7. The average Bonchev–Trinajstić information content (AvgIpc) is 2.61. The molecule has 0 heterocycles. The van der Waals surface area contributed by atoms with Crippen LogP contribution in [0, 0.1) is 17.2 Å². The van der Waals surface area contributed by atoms with Crippen molar-refractivity contribution in [2.75, 3.05) is 18.5 Å². The first-order chi connectivity index (χ1) is 12.0. The summed E-state index contributed by atoms with van der Waals surface area (Å²) in [5.74, 6) is 0.887. The van der Waals surface area contributed by atoms with Gasteiger partial charge < -0.3 is 14.8 Å². The Labute approximate surface area is 150 Å². The summed E-state index contributed by atoms with van der Waals surface area (Å²) in [4.78, 5) is 13.0. The van der Waals surface area contributed by atoms with E-state index in [1.807, 2.05) is 13.8 Å². The molecule has 1 aliphatic rings. The van der Waals surface area contributed by atoms with Crippen LogP contribution in [-0.4, -0.2) is 24.7 Å². The molecule has 25 heavy (non-hydrogen) atoms. The van der Waals surface area contributed by atoms with E-state index in [-0.39, 0.29) is 5.91 Å². The number of hydrogen-bond donors (Lipinski definition) is 1. The van der Waals surface area contributed by atoms with Crippen molar-refractivity contribution >= 4 is 11.6 Å². The number of amides is 1. The van der Waals surface area contributed by atoms with Crippen LogP contribution in [0.3, 0.4) is 0 Å². The average molecular weight is 344 g/mol. The molecule has 0 bridgehead atoms. The number of ether oxygens (including phenoxy) is 2. The van der Waals surface area contributed by atoms with Gasteiger partial charge in [-0.1, -0.05) is 20.3 Å². The van der Waals surface area contributed by atoms with E-state index in [0.717, 1.165) is 32.1 Å². The minimum absolute atomic E-state index is 0.111. The van der Waals surface area contributed by atoms with E-state index < -0.39 is 5.60 Å². The molecule has 1 aromatic carbocycles. The van der Waals surface area contributed by atoms with Crippen LogP contribution >= 0.6 is 0 Å². The molecular formula is C20H28N2O3. The van der Waals surface area contributed by atoms with Gasteiger partial charge in [-0.2, -0.15) is 5.26 Å². The van der Waals surface area contributed by atoms with E-state index in [1.165, 1.54) is 0 Å². The summed E-state index contributed by atoms with van der Waals surface area (Å²) in [5.41, 5.74) is 0.252. The fourth-order valence-corrected chi connectivity index (χ4v) is 3.42. The van der Waals surface area contributed by atoms with Crippen molar-refractivity contribution in [3.63, 3.8) is 0 Å². The Balaban J connectivity index is 2.19. The van der Waals surface area contributed by atoms with Crippen molar-refractivity contribution in [1.29, 1.82) is 5.26 Å². The Hall–Kier alpha value is -2.06. The van der Waals surface area contributed by atoms with Crippen LogP contribution in [0.2, 0.25) is 0 Å². The van der Waals surface area contributed by atoms with Gasteiger partial charge in [-0.25, -0.2) is 0 Å². The van der Waals surface area contributed by atoms with Crippen molar-refractivity contribution in [1.82, 2.24) is 0 Å². The molecule has 1 aliphatic carbocycles. The van der Waals surface area contributed by atoms with E-state index in [9.17, 15) is 10.1 Å². The van der Waals surface area contributed by atoms with Crippen LogP contribution in [0.4, 0.5) is 5.69 Å². The highest BCUT2D eigenvalue weighted by molar-refractivity contribution is 5.97. The minimum Gasteiger partial charge on any atom is -0.492 e. The zero-order chi connectivity index (χ0) is 18.3. The highest BCUT2D eigenvalue weighted by Crippen LogP contribution is 2.36. The molecule has 0 aliphatic heterocycles. The van der Waals surface area contributed by atoms with Gasteiger partial charge in [-0.05, 0) is 56.7 Å². The standard InChI is InChI=1S/C20H28N2O3/c1-4-11-25-20(10-6-7-15(3)13-20)19(23)22-17-8-9-18(24-5-2)16(12-17)14-21/h8-9,12,15H,4-7,10-11,13H2,1-3H3,(H,22,23)/t15-,20+/m1/s1. The van der Waals surface area contributed by atoms with Crippen molar-refractivity contribution in [3.8, 4) is 11.8 Å². The molecule has 0 unspecified atom stereocenters. The molecule has 0 aromatic heterocycles. The molecule has 5 heteroatoms. The second kappa shape index (κ2) is 8.87. The molecule has 0 radical (unpaired) electrons. The van der Waals surface area contributed by atoms with Gasteiger partial charge in [0.15, 0.2) is 0 Å². The summed E-state index contributed by atoms with van der Waals surface area (Å²) in [5, 5.41) is 12.2. The van der Waals surface area contributed by atoms with Crippen molar-refractivity contribution in [2.24, 2.45) is 5.92 Å². The Morgan fingerprint density at radius 3 is 2.88 bits per heavy atom. The number of nitriles is 1. The molecular weight excluding hydrogens is 316 g/mol. The zero-order valence-electron chi connectivity index (χ0n) is 15.4. The number of benzene rings is 1. The molecule has 1 amide bonds. The predicted octanol–water partition coefficient (Wildman–Crippen LogP) is 4.27. The Morgan fingerprint density at radius 1 is 1.44 bits per heavy atom. The van der Waals surface area contributed by atoms with Gasteiger partial charge in [-0.15, -0.1) is 0 Å². The fourth-order valence-electron chi connectivity index (χ4n) is 3.42. The predicted molar refractivity (Wildman–Crippen MR) is 97.6 cm³/mol. The SMILES string of the molecule is CCCO[C@@]1(C(=O)Nc2ccc(OCC)c(C#N)c2)CCC[C@@H](C)C1. The summed E-state index contributed by atoms with van der Waals surface area (Å²) >= 11 is 0. The molecule has 1 fully saturated rings. The second-order valence-corrected chi connectivity index (χ2v) is 6.75. The summed E-state index contributed by atoms with van der Waals surface area (Å²) in [6.45, 7) is 7.15. The van der Waals surface area contributed by atoms with Gasteiger partial charge in [0.2, 0.25) is 0 Å². The van der Waals surface area contributed by atoms with Crippen LogP contribution in [0.5, 0.6) is 5.75 Å². The minimum atomic E-state index is -0.765. The maximum Gasteiger partial charge on any atom is 0.256 e. The molecule has 1 aromatic rings. The molecule has 1 saturated carbocycles. The van der Waals surface area contributed by atoms with Gasteiger partial charge in [0.25, 0.3) is 5.91 Å². The zero-order valence-corrected chi connectivity index (χ0v) is 15.4. The second-order valence-electron chi connectivity index (χ2n) is 6.75. The third kappa shape index (κ3) is 4.73. The van der Waals surface area contributed by atoms with Crippen LogP contribution in [0.1, 0.15) is 58.4 Å². The first kappa shape index (κ1) is 19.3. The van der Waals surface area contributed by atoms with Crippen LogP contribution in [0.15, 0.2) is 18.2 Å². The molecule has 2 rings (SSSR count). The molecule has 5 nitrogen and oxygen atoms in total. The largest absolute Gasteiger partial charge is 0.492 e. The lowest BCUT2D eigenvalue weighted by atomic mass is 9.78. The Morgan fingerprint density at radius 2 is 2.24 bits per heavy atom. The monoisotopic (exact) mass is 344 g/mol. The van der Waals surface area contributed by atoms with E-state index in [0.29, 0.717) is 36.1 Å². The van der Waals surface area contributed by atoms with Gasteiger partial charge in [-0.3, -0.25) is 4.79 Å². The quantitative estimate of drug-likeness (QED) is 0.802. The van der Waals surface area contributed by atoms with Gasteiger partial charge in [0.1, 0.15) is 17.4 Å². The summed E-state index contributed by atoms with van der Waals surface area (Å²) in [7, 11) is 0. The van der Waals surface area contributed by atoms with E-state index in [4.69, 9.17) is 9.47 Å². The van der Waals surface area contributed by atoms with Crippen LogP contribution < -0.4 is 10.1 Å². The third-order valence-electron chi connectivity index (χ3n) is 4.61. The highest BCUT2D eigenvalue weighted by atomic mass is 16.5. The van der Waals surface area contributed by atoms with Crippen molar-refractivity contribution in [3.05, 3.63) is 23.8 Å². The summed E-state index contributed by atoms with van der Waals surface area (Å²) < 4.78 is 11.5. The van der Waals surface area contributed by atoms with E-state index in [1.54, 1.807) is 18.2 Å².